The number of aromatic nitrogens is 2. The number of halogens is 1. The number of fused-ring (bicyclic) bond motifs is 18. The highest BCUT2D eigenvalue weighted by Gasteiger charge is 2.26. The SMILES string of the molecule is Brc1cc2c(c3ccccc13)c1c3ccccc3ccc1n2-c1ccccc1.OB(O)c1c2ccccc2c(-c2ccccc2)c2ccccc12.c1ccc(-c2c3ccccc3c(-c3cc4c(c5ccccc35)c3c5ccccc5ccc3n4-c3ccccc3)c3ccccc23)cc1. The van der Waals surface area contributed by atoms with Crippen molar-refractivity contribution in [3.63, 3.8) is 0 Å². The van der Waals surface area contributed by atoms with Crippen molar-refractivity contribution in [1.29, 1.82) is 0 Å². The van der Waals surface area contributed by atoms with E-state index in [1.165, 1.54) is 136 Å². The predicted molar refractivity (Wildman–Crippen MR) is 422 cm³/mol. The van der Waals surface area contributed by atoms with Crippen LogP contribution in [0.4, 0.5) is 0 Å². The summed E-state index contributed by atoms with van der Waals surface area (Å²) >= 11 is 3.82. The molecule has 0 saturated carbocycles. The van der Waals surface area contributed by atoms with E-state index in [1.54, 1.807) is 0 Å². The molecule has 98 heavy (non-hydrogen) atoms. The number of nitrogens with zero attached hydrogens (tertiary/aromatic N) is 2. The zero-order valence-corrected chi connectivity index (χ0v) is 54.8. The summed E-state index contributed by atoms with van der Waals surface area (Å²) in [6, 6.07) is 125. The highest BCUT2D eigenvalue weighted by molar-refractivity contribution is 9.10. The van der Waals surface area contributed by atoms with E-state index in [2.05, 4.69) is 310 Å². The van der Waals surface area contributed by atoms with Crippen molar-refractivity contribution < 1.29 is 10.0 Å². The Bertz CT molecular complexity index is 6410. The zero-order valence-electron chi connectivity index (χ0n) is 53.2. The molecule has 0 unspecified atom stereocenters. The van der Waals surface area contributed by atoms with E-state index < -0.39 is 7.12 Å². The van der Waals surface area contributed by atoms with Gasteiger partial charge in [-0.25, -0.2) is 0 Å². The van der Waals surface area contributed by atoms with Crippen LogP contribution in [-0.4, -0.2) is 26.3 Å². The Balaban J connectivity index is 0.000000116. The van der Waals surface area contributed by atoms with Crippen LogP contribution in [0.3, 0.4) is 0 Å². The fourth-order valence-corrected chi connectivity index (χ4v) is 16.4. The van der Waals surface area contributed by atoms with Crippen LogP contribution in [0, 0.1) is 0 Å². The Hall–Kier alpha value is -11.9. The lowest BCUT2D eigenvalue weighted by atomic mass is 9.72. The number of rotatable bonds is 6. The number of para-hydroxylation sites is 2. The minimum absolute atomic E-state index is 0.566. The summed E-state index contributed by atoms with van der Waals surface area (Å²) in [5.41, 5.74) is 15.1. The van der Waals surface area contributed by atoms with Crippen LogP contribution in [0.25, 0.3) is 175 Å². The van der Waals surface area contributed by atoms with Gasteiger partial charge in [0.15, 0.2) is 0 Å². The molecule has 0 spiro atoms. The van der Waals surface area contributed by atoms with Gasteiger partial charge in [0.2, 0.25) is 0 Å². The van der Waals surface area contributed by atoms with Gasteiger partial charge in [0, 0.05) is 37.4 Å². The van der Waals surface area contributed by atoms with E-state index in [-0.39, 0.29) is 0 Å². The predicted octanol–water partition coefficient (Wildman–Crippen LogP) is 23.9. The van der Waals surface area contributed by atoms with Crippen molar-refractivity contribution in [2.45, 2.75) is 0 Å². The van der Waals surface area contributed by atoms with E-state index in [9.17, 15) is 10.0 Å². The van der Waals surface area contributed by atoms with Crippen LogP contribution in [-0.2, 0) is 0 Å². The summed E-state index contributed by atoms with van der Waals surface area (Å²) < 4.78 is 5.98. The van der Waals surface area contributed by atoms with Gasteiger partial charge in [0.05, 0.1) is 22.1 Å². The van der Waals surface area contributed by atoms with E-state index in [0.717, 1.165) is 42.8 Å². The molecule has 0 atom stereocenters. The third kappa shape index (κ3) is 9.59. The summed E-state index contributed by atoms with van der Waals surface area (Å²) in [6.45, 7) is 0. The van der Waals surface area contributed by atoms with E-state index in [1.807, 2.05) is 66.7 Å². The molecule has 18 aromatic carbocycles. The van der Waals surface area contributed by atoms with Gasteiger partial charge in [0.1, 0.15) is 0 Å². The van der Waals surface area contributed by atoms with Crippen molar-refractivity contribution in [1.82, 2.24) is 9.13 Å². The monoisotopic (exact) mass is 1310 g/mol. The molecule has 0 radical (unpaired) electrons. The van der Waals surface area contributed by atoms with Crippen LogP contribution >= 0.6 is 15.9 Å². The molecule has 20 aromatic rings. The van der Waals surface area contributed by atoms with Crippen molar-refractivity contribution in [2.24, 2.45) is 0 Å². The fraction of sp³-hybridized carbons (Fsp3) is 0. The Labute approximate surface area is 574 Å². The van der Waals surface area contributed by atoms with Gasteiger partial charge < -0.3 is 19.2 Å². The molecule has 0 amide bonds. The van der Waals surface area contributed by atoms with E-state index >= 15 is 0 Å². The van der Waals surface area contributed by atoms with Crippen molar-refractivity contribution >= 4 is 158 Å². The molecule has 0 aliphatic heterocycles. The summed E-state index contributed by atoms with van der Waals surface area (Å²) in [6.07, 6.45) is 0. The molecule has 0 saturated heterocycles. The van der Waals surface area contributed by atoms with Crippen LogP contribution in [0.1, 0.15) is 0 Å². The van der Waals surface area contributed by atoms with Crippen molar-refractivity contribution in [3.8, 4) is 44.8 Å². The first-order valence-corrected chi connectivity index (χ1v) is 34.1. The summed E-state index contributed by atoms with van der Waals surface area (Å²) in [5.74, 6) is 0. The summed E-state index contributed by atoms with van der Waals surface area (Å²) in [4.78, 5) is 0. The van der Waals surface area contributed by atoms with Gasteiger partial charge >= 0.3 is 7.12 Å². The molecule has 0 fully saturated rings. The molecule has 0 bridgehead atoms. The lowest BCUT2D eigenvalue weighted by Crippen LogP contribution is -2.31. The van der Waals surface area contributed by atoms with Gasteiger partial charge in [0.25, 0.3) is 0 Å². The van der Waals surface area contributed by atoms with Crippen molar-refractivity contribution in [2.75, 3.05) is 0 Å². The Morgan fingerprint density at radius 1 is 0.235 bits per heavy atom. The standard InChI is InChI=1S/C46H29N.C26H16BrN.C20H15BO2/c1-3-16-31(17-4-1)43-36-23-11-13-25-38(36)44(39-26-14-12-24-37(39)43)40-29-42-46(35-22-10-9-21-34(35)40)45-33-20-8-7-15-30(33)27-28-41(45)47(42)32-18-5-2-6-19-32;27-22-16-24-26(21-13-7-6-12-20(21)22)25-19-11-5-4-8-17(19)14-15-23(25)28(24)18-9-2-1-3-10-18;22-21(23)20-17-12-6-4-10-15(17)19(14-8-2-1-3-9-14)16-11-5-7-13-18(16)20/h1-29H;1-16H;1-13,22-23H. The molecule has 2 aromatic heterocycles. The number of benzene rings is 18. The first-order valence-electron chi connectivity index (χ1n) is 33.3. The second kappa shape index (κ2) is 24.4. The maximum atomic E-state index is 9.94. The third-order valence-electron chi connectivity index (χ3n) is 19.9. The van der Waals surface area contributed by atoms with Gasteiger partial charge in [-0.1, -0.05) is 319 Å². The number of hydrogen-bond donors (Lipinski definition) is 2. The highest BCUT2D eigenvalue weighted by atomic mass is 79.9. The average molecular weight is 1320 g/mol. The van der Waals surface area contributed by atoms with Crippen LogP contribution < -0.4 is 5.46 Å². The van der Waals surface area contributed by atoms with Gasteiger partial charge in [-0.3, -0.25) is 0 Å². The van der Waals surface area contributed by atoms with Crippen molar-refractivity contribution in [3.05, 3.63) is 356 Å². The van der Waals surface area contributed by atoms with Gasteiger partial charge in [-0.15, -0.1) is 0 Å². The molecule has 2 heterocycles. The second-order valence-electron chi connectivity index (χ2n) is 25.2. The Morgan fingerprint density at radius 3 is 0.949 bits per heavy atom. The van der Waals surface area contributed by atoms with Gasteiger partial charge in [-0.05, 0) is 174 Å². The maximum absolute atomic E-state index is 9.94. The summed E-state index contributed by atoms with van der Waals surface area (Å²) in [7, 11) is -1.50. The van der Waals surface area contributed by atoms with Crippen LogP contribution in [0.2, 0.25) is 0 Å². The fourth-order valence-electron chi connectivity index (χ4n) is 15.8. The minimum Gasteiger partial charge on any atom is -0.423 e. The van der Waals surface area contributed by atoms with E-state index in [0.29, 0.717) is 5.46 Å². The van der Waals surface area contributed by atoms with Crippen LogP contribution in [0.5, 0.6) is 0 Å². The normalized spacial score (nSPS) is 11.6. The van der Waals surface area contributed by atoms with Gasteiger partial charge in [-0.2, -0.15) is 0 Å². The topological polar surface area (TPSA) is 50.3 Å². The second-order valence-corrected chi connectivity index (χ2v) is 26.0. The first-order chi connectivity index (χ1) is 48.5. The molecular weight excluding hydrogens is 1260 g/mol. The highest BCUT2D eigenvalue weighted by Crippen LogP contribution is 2.50. The largest absolute Gasteiger partial charge is 0.489 e. The molecule has 460 valence electrons. The third-order valence-corrected chi connectivity index (χ3v) is 20.5. The van der Waals surface area contributed by atoms with E-state index in [4.69, 9.17) is 0 Å². The first kappa shape index (κ1) is 58.7. The minimum atomic E-state index is -1.50. The molecule has 0 aliphatic rings. The molecule has 2 N–H and O–H groups in total. The molecule has 20 rings (SSSR count). The average Bonchev–Trinajstić information content (AvgIpc) is 1.48. The Morgan fingerprint density at radius 2 is 0.531 bits per heavy atom. The quantitative estimate of drug-likeness (QED) is 0.129. The molecule has 6 heteroatoms. The lowest BCUT2D eigenvalue weighted by Gasteiger charge is -2.19. The summed E-state index contributed by atoms with van der Waals surface area (Å²) in [5, 5.41) is 44.2. The smallest absolute Gasteiger partial charge is 0.423 e. The molecular formula is C92H60BBrN2O2. The maximum Gasteiger partial charge on any atom is 0.489 e. The zero-order chi connectivity index (χ0) is 65.4. The number of hydrogen-bond acceptors (Lipinski definition) is 2. The molecule has 4 nitrogen and oxygen atoms in total. The molecule has 0 aliphatic carbocycles. The Kier molecular flexibility index (Phi) is 14.6. The van der Waals surface area contributed by atoms with Crippen LogP contribution in [0.15, 0.2) is 356 Å². The lowest BCUT2D eigenvalue weighted by molar-refractivity contribution is 0.426.